The number of aryl methyl sites for hydroxylation is 1. The van der Waals surface area contributed by atoms with Crippen LogP contribution < -0.4 is 4.74 Å². The molecular formula is C18H24N2O2. The predicted octanol–water partition coefficient (Wildman–Crippen LogP) is 3.31. The molecule has 1 aliphatic rings. The van der Waals surface area contributed by atoms with Crippen LogP contribution in [0.2, 0.25) is 0 Å². The van der Waals surface area contributed by atoms with Gasteiger partial charge in [0, 0.05) is 13.1 Å². The van der Waals surface area contributed by atoms with Crippen molar-refractivity contribution >= 4 is 5.91 Å². The standard InChI is InChI=1S/C18H24N2O2/c1-15-7-9-17(10-8-15)22-13-5-2-6-16(14-19)18(21)20-11-3-4-12-20/h7-10,16H,2-6,11-13H2,1H3. The maximum absolute atomic E-state index is 12.2. The minimum Gasteiger partial charge on any atom is -0.494 e. The van der Waals surface area contributed by atoms with Gasteiger partial charge in [-0.2, -0.15) is 5.26 Å². The molecule has 22 heavy (non-hydrogen) atoms. The van der Waals surface area contributed by atoms with Crippen LogP contribution in [0.25, 0.3) is 0 Å². The van der Waals surface area contributed by atoms with Crippen LogP contribution in [0.3, 0.4) is 0 Å². The molecule has 118 valence electrons. The van der Waals surface area contributed by atoms with Gasteiger partial charge in [0.05, 0.1) is 12.7 Å². The van der Waals surface area contributed by atoms with Crippen molar-refractivity contribution in [1.82, 2.24) is 4.90 Å². The molecule has 0 N–H and O–H groups in total. The van der Waals surface area contributed by atoms with Crippen molar-refractivity contribution in [3.05, 3.63) is 29.8 Å². The van der Waals surface area contributed by atoms with Gasteiger partial charge in [-0.15, -0.1) is 0 Å². The first-order chi connectivity index (χ1) is 10.7. The molecule has 1 aliphatic heterocycles. The lowest BCUT2D eigenvalue weighted by atomic mass is 10.0. The second-order valence-electron chi connectivity index (χ2n) is 5.87. The number of amides is 1. The van der Waals surface area contributed by atoms with Crippen molar-refractivity contribution in [1.29, 1.82) is 5.26 Å². The molecule has 1 saturated heterocycles. The molecule has 1 atom stereocenters. The van der Waals surface area contributed by atoms with Crippen LogP contribution in [-0.2, 0) is 4.79 Å². The van der Waals surface area contributed by atoms with E-state index in [1.165, 1.54) is 5.56 Å². The van der Waals surface area contributed by atoms with Gasteiger partial charge in [-0.05, 0) is 51.2 Å². The zero-order chi connectivity index (χ0) is 15.8. The lowest BCUT2D eigenvalue weighted by molar-refractivity contribution is -0.132. The minimum atomic E-state index is -0.488. The maximum atomic E-state index is 12.2. The summed E-state index contributed by atoms with van der Waals surface area (Å²) >= 11 is 0. The Kier molecular flexibility index (Phi) is 6.27. The maximum Gasteiger partial charge on any atom is 0.239 e. The number of hydrogen-bond acceptors (Lipinski definition) is 3. The molecule has 0 spiro atoms. The summed E-state index contributed by atoms with van der Waals surface area (Å²) in [6.45, 7) is 4.30. The van der Waals surface area contributed by atoms with Crippen molar-refractivity contribution in [2.45, 2.75) is 39.0 Å². The van der Waals surface area contributed by atoms with Crippen LogP contribution in [0.5, 0.6) is 5.75 Å². The summed E-state index contributed by atoms with van der Waals surface area (Å²) in [5, 5.41) is 9.19. The third-order valence-corrected chi connectivity index (χ3v) is 4.05. The molecule has 0 aromatic heterocycles. The van der Waals surface area contributed by atoms with E-state index in [1.54, 1.807) is 0 Å². The lowest BCUT2D eigenvalue weighted by Gasteiger charge is -2.18. The SMILES string of the molecule is Cc1ccc(OCCCCC(C#N)C(=O)N2CCCC2)cc1. The number of likely N-dealkylation sites (tertiary alicyclic amines) is 1. The van der Waals surface area contributed by atoms with E-state index < -0.39 is 5.92 Å². The van der Waals surface area contributed by atoms with E-state index >= 15 is 0 Å². The lowest BCUT2D eigenvalue weighted by Crippen LogP contribution is -2.33. The molecule has 0 radical (unpaired) electrons. The van der Waals surface area contributed by atoms with Gasteiger partial charge >= 0.3 is 0 Å². The fourth-order valence-electron chi connectivity index (χ4n) is 2.68. The van der Waals surface area contributed by atoms with Crippen LogP contribution in [0.4, 0.5) is 0 Å². The molecule has 0 aliphatic carbocycles. The van der Waals surface area contributed by atoms with E-state index in [4.69, 9.17) is 4.74 Å². The van der Waals surface area contributed by atoms with Crippen LogP contribution in [-0.4, -0.2) is 30.5 Å². The summed E-state index contributed by atoms with van der Waals surface area (Å²) in [5.74, 6) is 0.396. The molecule has 0 bridgehead atoms. The van der Waals surface area contributed by atoms with Gasteiger partial charge in [-0.1, -0.05) is 17.7 Å². The van der Waals surface area contributed by atoms with Crippen molar-refractivity contribution in [2.75, 3.05) is 19.7 Å². The van der Waals surface area contributed by atoms with E-state index in [1.807, 2.05) is 36.1 Å². The molecule has 2 rings (SSSR count). The molecule has 0 saturated carbocycles. The second kappa shape index (κ2) is 8.43. The summed E-state index contributed by atoms with van der Waals surface area (Å²) in [4.78, 5) is 14.0. The predicted molar refractivity (Wildman–Crippen MR) is 85.4 cm³/mol. The number of rotatable bonds is 7. The molecule has 1 fully saturated rings. The van der Waals surface area contributed by atoms with E-state index in [0.717, 1.165) is 44.5 Å². The van der Waals surface area contributed by atoms with Crippen LogP contribution in [0.15, 0.2) is 24.3 Å². The van der Waals surface area contributed by atoms with Crippen LogP contribution >= 0.6 is 0 Å². The largest absolute Gasteiger partial charge is 0.494 e. The Hall–Kier alpha value is -2.02. The number of nitriles is 1. The Morgan fingerprint density at radius 1 is 1.27 bits per heavy atom. The van der Waals surface area contributed by atoms with Gasteiger partial charge in [-0.25, -0.2) is 0 Å². The monoisotopic (exact) mass is 300 g/mol. The average molecular weight is 300 g/mol. The van der Waals surface area contributed by atoms with E-state index in [2.05, 4.69) is 6.07 Å². The second-order valence-corrected chi connectivity index (χ2v) is 5.87. The first kappa shape index (κ1) is 16.4. The molecule has 1 unspecified atom stereocenters. The van der Waals surface area contributed by atoms with Gasteiger partial charge in [0.25, 0.3) is 0 Å². The molecular weight excluding hydrogens is 276 g/mol. The Bertz CT molecular complexity index is 513. The third kappa shape index (κ3) is 4.77. The van der Waals surface area contributed by atoms with Gasteiger partial charge in [-0.3, -0.25) is 4.79 Å². The minimum absolute atomic E-state index is 0.0134. The third-order valence-electron chi connectivity index (χ3n) is 4.05. The Labute approximate surface area is 132 Å². The van der Waals surface area contributed by atoms with Gasteiger partial charge in [0.2, 0.25) is 5.91 Å². The molecule has 4 heteroatoms. The summed E-state index contributed by atoms with van der Waals surface area (Å²) < 4.78 is 5.66. The highest BCUT2D eigenvalue weighted by Crippen LogP contribution is 2.17. The molecule has 1 aromatic rings. The average Bonchev–Trinajstić information content (AvgIpc) is 3.06. The number of carbonyl (C=O) groups excluding carboxylic acids is 1. The molecule has 4 nitrogen and oxygen atoms in total. The number of carbonyl (C=O) groups is 1. The number of unbranched alkanes of at least 4 members (excludes halogenated alkanes) is 1. The van der Waals surface area contributed by atoms with Crippen molar-refractivity contribution in [3.63, 3.8) is 0 Å². The summed E-state index contributed by atoms with van der Waals surface area (Å²) in [6.07, 6.45) is 4.45. The molecule has 1 heterocycles. The fourth-order valence-corrected chi connectivity index (χ4v) is 2.68. The van der Waals surface area contributed by atoms with E-state index in [-0.39, 0.29) is 5.91 Å². The molecule has 1 amide bonds. The highest BCUT2D eigenvalue weighted by atomic mass is 16.5. The van der Waals surface area contributed by atoms with Gasteiger partial charge in [0.15, 0.2) is 0 Å². The molecule has 1 aromatic carbocycles. The Balaban J connectivity index is 1.65. The number of ether oxygens (including phenoxy) is 1. The first-order valence-corrected chi connectivity index (χ1v) is 8.08. The number of nitrogens with zero attached hydrogens (tertiary/aromatic N) is 2. The first-order valence-electron chi connectivity index (χ1n) is 8.08. The summed E-state index contributed by atoms with van der Waals surface area (Å²) in [6, 6.07) is 10.1. The van der Waals surface area contributed by atoms with Crippen molar-refractivity contribution < 1.29 is 9.53 Å². The van der Waals surface area contributed by atoms with Crippen LogP contribution in [0, 0.1) is 24.2 Å². The van der Waals surface area contributed by atoms with Gasteiger partial charge < -0.3 is 9.64 Å². The summed E-state index contributed by atoms with van der Waals surface area (Å²) in [5.41, 5.74) is 1.21. The quantitative estimate of drug-likeness (QED) is 0.726. The zero-order valence-electron chi connectivity index (χ0n) is 13.3. The highest BCUT2D eigenvalue weighted by molar-refractivity contribution is 5.81. The topological polar surface area (TPSA) is 53.3 Å². The smallest absolute Gasteiger partial charge is 0.239 e. The van der Waals surface area contributed by atoms with Gasteiger partial charge in [0.1, 0.15) is 11.7 Å². The van der Waals surface area contributed by atoms with E-state index in [9.17, 15) is 10.1 Å². The Morgan fingerprint density at radius 3 is 2.59 bits per heavy atom. The van der Waals surface area contributed by atoms with Crippen molar-refractivity contribution in [2.24, 2.45) is 5.92 Å². The number of hydrogen-bond donors (Lipinski definition) is 0. The zero-order valence-corrected chi connectivity index (χ0v) is 13.3. The number of benzene rings is 1. The van der Waals surface area contributed by atoms with E-state index in [0.29, 0.717) is 13.0 Å². The summed E-state index contributed by atoms with van der Waals surface area (Å²) in [7, 11) is 0. The fraction of sp³-hybridized carbons (Fsp3) is 0.556. The highest BCUT2D eigenvalue weighted by Gasteiger charge is 2.25. The van der Waals surface area contributed by atoms with Crippen LogP contribution in [0.1, 0.15) is 37.7 Å². The Morgan fingerprint density at radius 2 is 1.95 bits per heavy atom. The van der Waals surface area contributed by atoms with Crippen molar-refractivity contribution in [3.8, 4) is 11.8 Å². The normalized spacial score (nSPS) is 15.4.